The number of anilines is 1. The van der Waals surface area contributed by atoms with Gasteiger partial charge in [-0.1, -0.05) is 30.8 Å². The smallest absolute Gasteiger partial charge is 0.213 e. The van der Waals surface area contributed by atoms with Crippen molar-refractivity contribution in [1.29, 1.82) is 5.26 Å². The Labute approximate surface area is 240 Å². The molecule has 212 valence electrons. The number of halogens is 1. The lowest BCUT2D eigenvalue weighted by Crippen LogP contribution is -2.43. The zero-order chi connectivity index (χ0) is 28.8. The molecule has 2 aliphatic rings. The van der Waals surface area contributed by atoms with Crippen LogP contribution in [0.25, 0.3) is 0 Å². The van der Waals surface area contributed by atoms with Crippen LogP contribution >= 0.6 is 0 Å². The van der Waals surface area contributed by atoms with Crippen molar-refractivity contribution in [2.75, 3.05) is 37.7 Å². The first-order valence-corrected chi connectivity index (χ1v) is 14.1. The van der Waals surface area contributed by atoms with Gasteiger partial charge in [0.2, 0.25) is 5.88 Å². The summed E-state index contributed by atoms with van der Waals surface area (Å²) >= 11 is 0. The Morgan fingerprint density at radius 1 is 1.22 bits per heavy atom. The van der Waals surface area contributed by atoms with E-state index in [4.69, 9.17) is 19.7 Å². The quantitative estimate of drug-likeness (QED) is 0.278. The average Bonchev–Trinajstić information content (AvgIpc) is 2.97. The molecule has 2 aliphatic heterocycles. The van der Waals surface area contributed by atoms with Crippen LogP contribution in [0.2, 0.25) is 0 Å². The number of aldehydes is 1. The van der Waals surface area contributed by atoms with E-state index in [-0.39, 0.29) is 18.3 Å². The molecule has 0 spiro atoms. The summed E-state index contributed by atoms with van der Waals surface area (Å²) in [5.74, 6) is 0.309. The third-order valence-corrected chi connectivity index (χ3v) is 7.94. The number of nitriles is 1. The van der Waals surface area contributed by atoms with Crippen molar-refractivity contribution < 1.29 is 18.7 Å². The normalized spacial score (nSPS) is 17.3. The Morgan fingerprint density at radius 3 is 2.71 bits per heavy atom. The number of piperidine rings is 1. The predicted octanol–water partition coefficient (Wildman–Crippen LogP) is 5.78. The minimum Gasteiger partial charge on any atom is -0.473 e. The minimum absolute atomic E-state index is 0.0478. The molecule has 41 heavy (non-hydrogen) atoms. The fourth-order valence-corrected chi connectivity index (χ4v) is 5.37. The van der Waals surface area contributed by atoms with Crippen molar-refractivity contribution in [2.45, 2.75) is 44.8 Å². The number of aryl methyl sites for hydroxylation is 1. The largest absolute Gasteiger partial charge is 0.473 e. The summed E-state index contributed by atoms with van der Waals surface area (Å²) in [5, 5.41) is 8.93. The van der Waals surface area contributed by atoms with E-state index in [2.05, 4.69) is 23.3 Å². The van der Waals surface area contributed by atoms with Gasteiger partial charge in [0.05, 0.1) is 17.7 Å². The second kappa shape index (κ2) is 13.1. The molecule has 0 radical (unpaired) electrons. The number of hydrogen-bond donors (Lipinski definition) is 0. The average molecular weight is 555 g/mol. The zero-order valence-corrected chi connectivity index (χ0v) is 23.4. The van der Waals surface area contributed by atoms with Gasteiger partial charge in [-0.2, -0.15) is 5.26 Å². The van der Waals surface area contributed by atoms with Crippen LogP contribution in [-0.2, 0) is 11.3 Å². The van der Waals surface area contributed by atoms with E-state index >= 15 is 0 Å². The third kappa shape index (κ3) is 6.99. The zero-order valence-electron chi connectivity index (χ0n) is 23.4. The van der Waals surface area contributed by atoms with Gasteiger partial charge in [-0.15, -0.1) is 0 Å². The van der Waals surface area contributed by atoms with Gasteiger partial charge in [-0.05, 0) is 69.1 Å². The Bertz CT molecular complexity index is 1440. The molecule has 5 rings (SSSR count). The molecule has 3 aromatic rings. The van der Waals surface area contributed by atoms with Gasteiger partial charge in [0.15, 0.2) is 0 Å². The standard InChI is InChI=1S/C33H35FN4O3/c1-23-6-7-26(21-39)17-32(23)38(20-29-12-15-40-29)24(2)19-37-13-10-27(11-14-37)31-4-3-5-33(36-31)41-22-28-9-8-25(18-35)16-30(28)34/h3-9,16-17,21,27,29H,2,10-15,19-20,22H2,1H3. The molecule has 8 heteroatoms. The van der Waals surface area contributed by atoms with Crippen LogP contribution in [0.5, 0.6) is 5.88 Å². The number of benzene rings is 2. The van der Waals surface area contributed by atoms with Gasteiger partial charge in [0.25, 0.3) is 0 Å². The van der Waals surface area contributed by atoms with E-state index < -0.39 is 5.82 Å². The van der Waals surface area contributed by atoms with Crippen molar-refractivity contribution in [1.82, 2.24) is 9.88 Å². The lowest BCUT2D eigenvalue weighted by Gasteiger charge is -2.38. The highest BCUT2D eigenvalue weighted by Crippen LogP contribution is 2.31. The van der Waals surface area contributed by atoms with Gasteiger partial charge < -0.3 is 14.4 Å². The van der Waals surface area contributed by atoms with E-state index in [0.29, 0.717) is 22.9 Å². The molecule has 0 bridgehead atoms. The lowest BCUT2D eigenvalue weighted by atomic mass is 9.93. The molecule has 0 aliphatic carbocycles. The Hall–Kier alpha value is -4.06. The van der Waals surface area contributed by atoms with Crippen LogP contribution in [-0.4, -0.2) is 55.1 Å². The maximum atomic E-state index is 14.2. The van der Waals surface area contributed by atoms with Gasteiger partial charge in [-0.3, -0.25) is 9.69 Å². The van der Waals surface area contributed by atoms with Crippen molar-refractivity contribution in [3.05, 3.63) is 101 Å². The SMILES string of the molecule is C=C(CN1CCC(c2cccc(OCc3ccc(C#N)cc3F)n2)CC1)N(CC1CCO1)c1cc(C=O)ccc1C. The molecule has 3 heterocycles. The van der Waals surface area contributed by atoms with Crippen molar-refractivity contribution in [3.8, 4) is 11.9 Å². The molecule has 0 N–H and O–H groups in total. The van der Waals surface area contributed by atoms with E-state index in [9.17, 15) is 9.18 Å². The van der Waals surface area contributed by atoms with Gasteiger partial charge in [0.1, 0.15) is 18.7 Å². The first-order chi connectivity index (χ1) is 19.9. The second-order valence-electron chi connectivity index (χ2n) is 10.8. The van der Waals surface area contributed by atoms with E-state index in [0.717, 1.165) is 81.0 Å². The van der Waals surface area contributed by atoms with Gasteiger partial charge >= 0.3 is 0 Å². The number of pyridine rings is 1. The fourth-order valence-electron chi connectivity index (χ4n) is 5.37. The molecule has 1 aromatic heterocycles. The Kier molecular flexibility index (Phi) is 9.07. The number of likely N-dealkylation sites (tertiary alicyclic amines) is 1. The first kappa shape index (κ1) is 28.5. The summed E-state index contributed by atoms with van der Waals surface area (Å²) in [4.78, 5) is 20.8. The molecule has 1 unspecified atom stereocenters. The van der Waals surface area contributed by atoms with Crippen LogP contribution in [0, 0.1) is 24.1 Å². The number of nitrogens with zero attached hydrogens (tertiary/aromatic N) is 4. The Morgan fingerprint density at radius 2 is 2.02 bits per heavy atom. The van der Waals surface area contributed by atoms with Crippen LogP contribution in [0.1, 0.15) is 57.9 Å². The number of carbonyl (C=O) groups excluding carboxylic acids is 1. The van der Waals surface area contributed by atoms with E-state index in [1.54, 1.807) is 18.2 Å². The monoisotopic (exact) mass is 554 g/mol. The molecule has 2 saturated heterocycles. The molecule has 0 saturated carbocycles. The predicted molar refractivity (Wildman–Crippen MR) is 156 cm³/mol. The summed E-state index contributed by atoms with van der Waals surface area (Å²) in [6.45, 7) is 10.6. The maximum absolute atomic E-state index is 14.2. The van der Waals surface area contributed by atoms with Crippen LogP contribution < -0.4 is 9.64 Å². The molecule has 0 amide bonds. The van der Waals surface area contributed by atoms with Crippen molar-refractivity contribution in [2.24, 2.45) is 0 Å². The second-order valence-corrected chi connectivity index (χ2v) is 10.8. The summed E-state index contributed by atoms with van der Waals surface area (Å²) in [6, 6.07) is 17.8. The van der Waals surface area contributed by atoms with Crippen molar-refractivity contribution in [3.63, 3.8) is 0 Å². The molecular formula is C33H35FN4O3. The molecule has 7 nitrogen and oxygen atoms in total. The third-order valence-electron chi connectivity index (χ3n) is 7.94. The number of aromatic nitrogens is 1. The number of carbonyl (C=O) groups is 1. The number of rotatable bonds is 11. The molecular weight excluding hydrogens is 519 g/mol. The number of ether oxygens (including phenoxy) is 2. The summed E-state index contributed by atoms with van der Waals surface area (Å²) in [7, 11) is 0. The first-order valence-electron chi connectivity index (χ1n) is 14.1. The van der Waals surface area contributed by atoms with Crippen LogP contribution in [0.15, 0.2) is 66.9 Å². The lowest BCUT2D eigenvalue weighted by molar-refractivity contribution is -0.0439. The highest BCUT2D eigenvalue weighted by Gasteiger charge is 2.27. The van der Waals surface area contributed by atoms with Crippen LogP contribution in [0.3, 0.4) is 0 Å². The minimum atomic E-state index is -0.459. The van der Waals surface area contributed by atoms with Crippen molar-refractivity contribution >= 4 is 12.0 Å². The highest BCUT2D eigenvalue weighted by atomic mass is 19.1. The van der Waals surface area contributed by atoms with Crippen LogP contribution in [0.4, 0.5) is 10.1 Å². The summed E-state index contributed by atoms with van der Waals surface area (Å²) in [6.07, 6.45) is 4.00. The topological polar surface area (TPSA) is 78.7 Å². The molecule has 2 aromatic carbocycles. The summed E-state index contributed by atoms with van der Waals surface area (Å²) in [5.41, 5.74) is 5.40. The van der Waals surface area contributed by atoms with E-state index in [1.807, 2.05) is 36.4 Å². The van der Waals surface area contributed by atoms with E-state index in [1.165, 1.54) is 6.07 Å². The van der Waals surface area contributed by atoms with Gasteiger partial charge in [0, 0.05) is 59.9 Å². The highest BCUT2D eigenvalue weighted by molar-refractivity contribution is 5.78. The summed E-state index contributed by atoms with van der Waals surface area (Å²) < 4.78 is 25.8. The fraction of sp³-hybridized carbons (Fsp3) is 0.364. The van der Waals surface area contributed by atoms with Gasteiger partial charge in [-0.25, -0.2) is 9.37 Å². The molecule has 2 fully saturated rings. The molecule has 1 atom stereocenters. The Balaban J connectivity index is 1.18. The maximum Gasteiger partial charge on any atom is 0.213 e. The number of hydrogen-bond acceptors (Lipinski definition) is 7.